The van der Waals surface area contributed by atoms with Crippen LogP contribution in [0.5, 0.6) is 0 Å². The van der Waals surface area contributed by atoms with E-state index in [1.54, 1.807) is 32.0 Å². The van der Waals surface area contributed by atoms with Crippen molar-refractivity contribution < 1.29 is 17.6 Å². The number of benzene rings is 2. The Morgan fingerprint density at radius 3 is 2.45 bits per heavy atom. The maximum absolute atomic E-state index is 12.9. The fraction of sp³-hybridized carbons (Fsp3) is 0.333. The zero-order valence-corrected chi connectivity index (χ0v) is 18.5. The van der Waals surface area contributed by atoms with Gasteiger partial charge in [0, 0.05) is 33.0 Å². The van der Waals surface area contributed by atoms with Crippen LogP contribution in [0.1, 0.15) is 26.1 Å². The van der Waals surface area contributed by atoms with E-state index in [4.69, 9.17) is 0 Å². The van der Waals surface area contributed by atoms with Crippen LogP contribution in [-0.4, -0.2) is 41.3 Å². The smallest absolute Gasteiger partial charge is 0.243 e. The monoisotopic (exact) mass is 447 g/mol. The van der Waals surface area contributed by atoms with Gasteiger partial charge in [-0.05, 0) is 42.5 Å². The van der Waals surface area contributed by atoms with Crippen LogP contribution in [0.25, 0.3) is 11.0 Å². The van der Waals surface area contributed by atoms with Crippen LogP contribution in [0.4, 0.5) is 10.1 Å². The van der Waals surface area contributed by atoms with Gasteiger partial charge < -0.3 is 4.57 Å². The molecule has 0 aliphatic rings. The van der Waals surface area contributed by atoms with Crippen LogP contribution < -0.4 is 10.9 Å². The maximum Gasteiger partial charge on any atom is 0.243 e. The number of carbonyl (C=O) groups excluding carboxylic acids is 1. The summed E-state index contributed by atoms with van der Waals surface area (Å²) in [5, 5.41) is 0. The van der Waals surface area contributed by atoms with Crippen LogP contribution in [-0.2, 0) is 28.3 Å². The minimum Gasteiger partial charge on any atom is -0.331 e. The number of nitrogens with one attached hydrogen (secondary N) is 2. The van der Waals surface area contributed by atoms with Crippen molar-refractivity contribution >= 4 is 32.7 Å². The second kappa shape index (κ2) is 9.44. The van der Waals surface area contributed by atoms with Gasteiger partial charge in [0.2, 0.25) is 15.9 Å². The van der Waals surface area contributed by atoms with Crippen molar-refractivity contribution in [3.05, 3.63) is 54.1 Å². The molecule has 3 rings (SSSR count). The molecule has 3 aromatic rings. The van der Waals surface area contributed by atoms with Gasteiger partial charge in [-0.1, -0.05) is 13.8 Å². The summed E-state index contributed by atoms with van der Waals surface area (Å²) in [6, 6.07) is 10.5. The third-order valence-electron chi connectivity index (χ3n) is 5.05. The van der Waals surface area contributed by atoms with E-state index in [0.29, 0.717) is 36.5 Å². The van der Waals surface area contributed by atoms with Crippen molar-refractivity contribution in [3.63, 3.8) is 0 Å². The summed E-state index contributed by atoms with van der Waals surface area (Å²) in [4.78, 5) is 16.9. The average Bonchev–Trinajstić information content (AvgIpc) is 3.07. The third kappa shape index (κ3) is 5.02. The number of nitrogens with zero attached hydrogens (tertiary/aromatic N) is 3. The number of rotatable bonds is 9. The number of imidazole rings is 1. The molecule has 0 aliphatic carbocycles. The van der Waals surface area contributed by atoms with E-state index in [1.807, 2.05) is 11.6 Å². The maximum atomic E-state index is 12.9. The summed E-state index contributed by atoms with van der Waals surface area (Å²) in [5.74, 6) is 0.0669. The van der Waals surface area contributed by atoms with Crippen molar-refractivity contribution in [2.24, 2.45) is 7.05 Å². The molecule has 10 heteroatoms. The molecule has 0 spiro atoms. The molecule has 0 radical (unpaired) electrons. The number of halogens is 1. The van der Waals surface area contributed by atoms with E-state index < -0.39 is 10.0 Å². The van der Waals surface area contributed by atoms with E-state index in [1.165, 1.54) is 28.6 Å². The lowest BCUT2D eigenvalue weighted by atomic mass is 10.3. The van der Waals surface area contributed by atoms with Crippen LogP contribution in [0, 0.1) is 5.82 Å². The fourth-order valence-corrected chi connectivity index (χ4v) is 4.77. The number of anilines is 1. The highest BCUT2D eigenvalue weighted by molar-refractivity contribution is 7.89. The lowest BCUT2D eigenvalue weighted by molar-refractivity contribution is -0.120. The highest BCUT2D eigenvalue weighted by Gasteiger charge is 2.22. The molecule has 8 nitrogen and oxygen atoms in total. The Morgan fingerprint density at radius 1 is 1.13 bits per heavy atom. The summed E-state index contributed by atoms with van der Waals surface area (Å²) in [6.07, 6.45) is 0.552. The van der Waals surface area contributed by atoms with Gasteiger partial charge in [0.05, 0.1) is 21.6 Å². The first-order valence-corrected chi connectivity index (χ1v) is 11.5. The van der Waals surface area contributed by atoms with Gasteiger partial charge in [0.15, 0.2) is 0 Å². The minimum atomic E-state index is -3.57. The zero-order chi connectivity index (χ0) is 22.6. The fourth-order valence-electron chi connectivity index (χ4n) is 3.29. The van der Waals surface area contributed by atoms with Crippen LogP contribution >= 0.6 is 0 Å². The second-order valence-corrected chi connectivity index (χ2v) is 8.94. The van der Waals surface area contributed by atoms with Crippen LogP contribution in [0.2, 0.25) is 0 Å². The van der Waals surface area contributed by atoms with E-state index in [0.717, 1.165) is 5.52 Å². The Hall–Kier alpha value is -2.98. The molecular formula is C21H26FN5O3S. The number of sulfonamides is 1. The Morgan fingerprint density at radius 2 is 1.81 bits per heavy atom. The van der Waals surface area contributed by atoms with Gasteiger partial charge in [-0.15, -0.1) is 0 Å². The topological polar surface area (TPSA) is 96.3 Å². The largest absolute Gasteiger partial charge is 0.331 e. The Kier molecular flexibility index (Phi) is 6.91. The predicted molar refractivity (Wildman–Crippen MR) is 117 cm³/mol. The van der Waals surface area contributed by atoms with Crippen molar-refractivity contribution in [3.8, 4) is 0 Å². The third-order valence-corrected chi connectivity index (χ3v) is 7.10. The normalized spacial score (nSPS) is 11.8. The molecule has 166 valence electrons. The summed E-state index contributed by atoms with van der Waals surface area (Å²) < 4.78 is 41.7. The molecule has 0 saturated heterocycles. The number of hydrogen-bond donors (Lipinski definition) is 2. The highest BCUT2D eigenvalue weighted by Crippen LogP contribution is 2.22. The van der Waals surface area contributed by atoms with Crippen molar-refractivity contribution in [2.45, 2.75) is 31.6 Å². The van der Waals surface area contributed by atoms with Gasteiger partial charge in [-0.25, -0.2) is 17.8 Å². The van der Waals surface area contributed by atoms with E-state index in [9.17, 15) is 17.6 Å². The van der Waals surface area contributed by atoms with Crippen molar-refractivity contribution in [1.82, 2.24) is 19.3 Å². The Labute approximate surface area is 181 Å². The SMILES string of the molecule is CCN(CC)S(=O)(=O)c1ccc2c(c1)nc(CCC(=O)NNc1ccc(F)cc1)n2C. The quantitative estimate of drug-likeness (QED) is 0.492. The average molecular weight is 448 g/mol. The van der Waals surface area contributed by atoms with E-state index >= 15 is 0 Å². The van der Waals surface area contributed by atoms with Crippen LogP contribution in [0.3, 0.4) is 0 Å². The first-order chi connectivity index (χ1) is 14.8. The molecule has 0 unspecified atom stereocenters. The highest BCUT2D eigenvalue weighted by atomic mass is 32.2. The molecule has 1 heterocycles. The Bertz CT molecular complexity index is 1170. The number of aromatic nitrogens is 2. The number of hydrazine groups is 1. The van der Waals surface area contributed by atoms with Gasteiger partial charge in [-0.2, -0.15) is 4.31 Å². The number of fused-ring (bicyclic) bond motifs is 1. The van der Waals surface area contributed by atoms with E-state index in [2.05, 4.69) is 15.8 Å². The summed E-state index contributed by atoms with van der Waals surface area (Å²) in [5.41, 5.74) is 7.22. The number of carbonyl (C=O) groups is 1. The summed E-state index contributed by atoms with van der Waals surface area (Å²) in [6.45, 7) is 4.39. The molecule has 2 N–H and O–H groups in total. The molecule has 0 fully saturated rings. The molecule has 0 aliphatic heterocycles. The molecule has 0 atom stereocenters. The standard InChI is InChI=1S/C21H26FN5O3S/c1-4-27(5-2)31(29,30)17-10-11-19-18(14-17)23-20(26(19)3)12-13-21(28)25-24-16-8-6-15(22)7-9-16/h6-11,14,24H,4-5,12-13H2,1-3H3,(H,25,28). The molecule has 2 aromatic carbocycles. The minimum absolute atomic E-state index is 0.177. The molecule has 0 bridgehead atoms. The summed E-state index contributed by atoms with van der Waals surface area (Å²) >= 11 is 0. The van der Waals surface area contributed by atoms with Gasteiger partial charge >= 0.3 is 0 Å². The predicted octanol–water partition coefficient (Wildman–Crippen LogP) is 2.82. The van der Waals surface area contributed by atoms with Crippen molar-refractivity contribution in [1.29, 1.82) is 0 Å². The van der Waals surface area contributed by atoms with Gasteiger partial charge in [0.1, 0.15) is 11.6 Å². The van der Waals surface area contributed by atoms with Gasteiger partial charge in [-0.3, -0.25) is 15.6 Å². The first-order valence-electron chi connectivity index (χ1n) is 10.0. The summed E-state index contributed by atoms with van der Waals surface area (Å²) in [7, 11) is -1.74. The zero-order valence-electron chi connectivity index (χ0n) is 17.7. The lowest BCUT2D eigenvalue weighted by Crippen LogP contribution is -2.30. The van der Waals surface area contributed by atoms with E-state index in [-0.39, 0.29) is 23.0 Å². The second-order valence-electron chi connectivity index (χ2n) is 7.01. The lowest BCUT2D eigenvalue weighted by Gasteiger charge is -2.18. The molecular weight excluding hydrogens is 421 g/mol. The number of amides is 1. The molecule has 0 saturated carbocycles. The molecule has 1 amide bonds. The number of aryl methyl sites for hydroxylation is 2. The van der Waals surface area contributed by atoms with Crippen LogP contribution in [0.15, 0.2) is 47.4 Å². The van der Waals surface area contributed by atoms with Crippen molar-refractivity contribution in [2.75, 3.05) is 18.5 Å². The molecule has 1 aromatic heterocycles. The number of hydrogen-bond acceptors (Lipinski definition) is 5. The van der Waals surface area contributed by atoms with Gasteiger partial charge in [0.25, 0.3) is 0 Å². The first kappa shape index (κ1) is 22.7. The Balaban J connectivity index is 1.69. The molecule has 31 heavy (non-hydrogen) atoms.